The fourth-order valence-electron chi connectivity index (χ4n) is 3.07. The van der Waals surface area contributed by atoms with Gasteiger partial charge in [0.15, 0.2) is 0 Å². The molecule has 0 saturated carbocycles. The first-order valence-corrected chi connectivity index (χ1v) is 9.39. The molecule has 0 spiro atoms. The number of anilines is 1. The molecule has 1 aliphatic rings. The van der Waals surface area contributed by atoms with Gasteiger partial charge in [0, 0.05) is 38.4 Å². The molecule has 0 atom stereocenters. The van der Waals surface area contributed by atoms with Crippen molar-refractivity contribution in [2.75, 3.05) is 58.3 Å². The lowest BCUT2D eigenvalue weighted by molar-refractivity contribution is -0.117. The number of methoxy groups -OCH3 is 1. The summed E-state index contributed by atoms with van der Waals surface area (Å²) in [6, 6.07) is 13.4. The molecule has 1 amide bonds. The number of halogens is 1. The van der Waals surface area contributed by atoms with Crippen LogP contribution in [0.4, 0.5) is 10.1 Å². The lowest BCUT2D eigenvalue weighted by Crippen LogP contribution is -2.49. The minimum atomic E-state index is -0.315. The van der Waals surface area contributed by atoms with E-state index in [4.69, 9.17) is 9.47 Å². The number of amides is 1. The molecular weight excluding hydrogens is 361 g/mol. The van der Waals surface area contributed by atoms with Gasteiger partial charge in [0.05, 0.1) is 13.7 Å². The zero-order valence-corrected chi connectivity index (χ0v) is 16.1. The molecule has 7 heteroatoms. The summed E-state index contributed by atoms with van der Waals surface area (Å²) in [5.41, 5.74) is 0.612. The topological polar surface area (TPSA) is 54.0 Å². The van der Waals surface area contributed by atoms with Crippen LogP contribution in [0.2, 0.25) is 0 Å². The van der Waals surface area contributed by atoms with Crippen molar-refractivity contribution in [2.45, 2.75) is 0 Å². The molecule has 0 aliphatic carbocycles. The smallest absolute Gasteiger partial charge is 0.238 e. The first kappa shape index (κ1) is 20.1. The van der Waals surface area contributed by atoms with Crippen LogP contribution in [0.5, 0.6) is 11.5 Å². The normalized spacial score (nSPS) is 15.2. The van der Waals surface area contributed by atoms with Crippen LogP contribution in [0.1, 0.15) is 0 Å². The molecule has 0 radical (unpaired) electrons. The minimum absolute atomic E-state index is 0.0807. The van der Waals surface area contributed by atoms with Gasteiger partial charge in [-0.05, 0) is 48.5 Å². The summed E-state index contributed by atoms with van der Waals surface area (Å²) in [7, 11) is 1.64. The van der Waals surface area contributed by atoms with Crippen LogP contribution in [-0.2, 0) is 4.79 Å². The van der Waals surface area contributed by atoms with Crippen molar-refractivity contribution >= 4 is 11.6 Å². The molecule has 2 aromatic rings. The van der Waals surface area contributed by atoms with Crippen LogP contribution in [-0.4, -0.2) is 68.7 Å². The average Bonchev–Trinajstić information content (AvgIpc) is 2.71. The molecule has 0 aromatic heterocycles. The average molecular weight is 387 g/mol. The highest BCUT2D eigenvalue weighted by molar-refractivity contribution is 5.92. The molecular formula is C21H26FN3O3. The Labute approximate surface area is 164 Å². The highest BCUT2D eigenvalue weighted by atomic mass is 19.1. The Hall–Kier alpha value is -2.64. The van der Waals surface area contributed by atoms with Crippen LogP contribution in [0, 0.1) is 5.82 Å². The highest BCUT2D eigenvalue weighted by Gasteiger charge is 2.18. The second kappa shape index (κ2) is 10.1. The Kier molecular flexibility index (Phi) is 7.22. The highest BCUT2D eigenvalue weighted by Crippen LogP contribution is 2.17. The van der Waals surface area contributed by atoms with Gasteiger partial charge in [-0.15, -0.1) is 0 Å². The molecule has 1 N–H and O–H groups in total. The number of hydrogen-bond donors (Lipinski definition) is 1. The summed E-state index contributed by atoms with van der Waals surface area (Å²) in [6.45, 7) is 5.27. The Balaban J connectivity index is 1.32. The van der Waals surface area contributed by atoms with Gasteiger partial charge in [0.2, 0.25) is 5.91 Å². The van der Waals surface area contributed by atoms with Gasteiger partial charge < -0.3 is 14.8 Å². The second-order valence-corrected chi connectivity index (χ2v) is 6.70. The maximum atomic E-state index is 12.9. The number of nitrogens with one attached hydrogen (secondary N) is 1. The van der Waals surface area contributed by atoms with Gasteiger partial charge in [0.25, 0.3) is 0 Å². The number of piperazine rings is 1. The molecule has 6 nitrogen and oxygen atoms in total. The van der Waals surface area contributed by atoms with E-state index in [1.165, 1.54) is 12.1 Å². The van der Waals surface area contributed by atoms with Crippen molar-refractivity contribution in [1.29, 1.82) is 0 Å². The van der Waals surface area contributed by atoms with Crippen LogP contribution in [0.25, 0.3) is 0 Å². The van der Waals surface area contributed by atoms with E-state index < -0.39 is 0 Å². The number of rotatable bonds is 8. The molecule has 2 aromatic carbocycles. The fraction of sp³-hybridized carbons (Fsp3) is 0.381. The van der Waals surface area contributed by atoms with E-state index >= 15 is 0 Å². The van der Waals surface area contributed by atoms with E-state index in [-0.39, 0.29) is 11.7 Å². The van der Waals surface area contributed by atoms with Gasteiger partial charge in [-0.3, -0.25) is 14.6 Å². The standard InChI is InChI=1S/C21H26FN3O3/c1-27-19-6-8-20(9-7-19)28-15-14-24-10-12-25(13-11-24)16-21(26)23-18-4-2-17(22)3-5-18/h2-9H,10-16H2,1H3,(H,23,26). The van der Waals surface area contributed by atoms with E-state index in [2.05, 4.69) is 15.1 Å². The molecule has 3 rings (SSSR count). The summed E-state index contributed by atoms with van der Waals surface area (Å²) in [4.78, 5) is 16.6. The second-order valence-electron chi connectivity index (χ2n) is 6.70. The van der Waals surface area contributed by atoms with E-state index in [1.807, 2.05) is 24.3 Å². The maximum Gasteiger partial charge on any atom is 0.238 e. The largest absolute Gasteiger partial charge is 0.497 e. The van der Waals surface area contributed by atoms with Crippen molar-refractivity contribution in [1.82, 2.24) is 9.80 Å². The summed E-state index contributed by atoms with van der Waals surface area (Å²) < 4.78 is 23.8. The third kappa shape index (κ3) is 6.21. The lowest BCUT2D eigenvalue weighted by Gasteiger charge is -2.34. The summed E-state index contributed by atoms with van der Waals surface area (Å²) in [6.07, 6.45) is 0. The number of nitrogens with zero attached hydrogens (tertiary/aromatic N) is 2. The fourth-order valence-corrected chi connectivity index (χ4v) is 3.07. The van der Waals surface area contributed by atoms with Crippen LogP contribution < -0.4 is 14.8 Å². The summed E-state index contributed by atoms with van der Waals surface area (Å²) in [5, 5.41) is 2.80. The number of carbonyl (C=O) groups is 1. The van der Waals surface area contributed by atoms with E-state index in [1.54, 1.807) is 19.2 Å². The van der Waals surface area contributed by atoms with Gasteiger partial charge in [-0.1, -0.05) is 0 Å². The quantitative estimate of drug-likeness (QED) is 0.754. The first-order valence-electron chi connectivity index (χ1n) is 9.39. The molecule has 1 fully saturated rings. The van der Waals surface area contributed by atoms with Gasteiger partial charge in [0.1, 0.15) is 23.9 Å². The maximum absolute atomic E-state index is 12.9. The molecule has 1 heterocycles. The number of benzene rings is 2. The number of hydrogen-bond acceptors (Lipinski definition) is 5. The third-order valence-electron chi connectivity index (χ3n) is 4.70. The van der Waals surface area contributed by atoms with E-state index in [0.717, 1.165) is 44.2 Å². The molecule has 0 bridgehead atoms. The van der Waals surface area contributed by atoms with Crippen molar-refractivity contribution in [2.24, 2.45) is 0 Å². The minimum Gasteiger partial charge on any atom is -0.497 e. The molecule has 150 valence electrons. The van der Waals surface area contributed by atoms with Crippen molar-refractivity contribution in [3.63, 3.8) is 0 Å². The van der Waals surface area contributed by atoms with E-state index in [9.17, 15) is 9.18 Å². The Morgan fingerprint density at radius 3 is 2.21 bits per heavy atom. The SMILES string of the molecule is COc1ccc(OCCN2CCN(CC(=O)Nc3ccc(F)cc3)CC2)cc1. The predicted octanol–water partition coefficient (Wildman–Crippen LogP) is 2.47. The van der Waals surface area contributed by atoms with Crippen molar-refractivity contribution < 1.29 is 18.7 Å². The summed E-state index contributed by atoms with van der Waals surface area (Å²) >= 11 is 0. The van der Waals surface area contributed by atoms with Crippen molar-refractivity contribution in [3.8, 4) is 11.5 Å². The molecule has 1 aliphatic heterocycles. The number of carbonyl (C=O) groups excluding carboxylic acids is 1. The monoisotopic (exact) mass is 387 g/mol. The van der Waals surface area contributed by atoms with E-state index in [0.29, 0.717) is 18.8 Å². The van der Waals surface area contributed by atoms with Crippen molar-refractivity contribution in [3.05, 3.63) is 54.3 Å². The number of ether oxygens (including phenoxy) is 2. The van der Waals surface area contributed by atoms with Crippen LogP contribution in [0.3, 0.4) is 0 Å². The molecule has 28 heavy (non-hydrogen) atoms. The summed E-state index contributed by atoms with van der Waals surface area (Å²) in [5.74, 6) is 1.25. The third-order valence-corrected chi connectivity index (χ3v) is 4.70. The Morgan fingerprint density at radius 2 is 1.57 bits per heavy atom. The Bertz CT molecular complexity index is 744. The van der Waals surface area contributed by atoms with Gasteiger partial charge in [-0.25, -0.2) is 4.39 Å². The Morgan fingerprint density at radius 1 is 0.964 bits per heavy atom. The molecule has 0 unspecified atom stereocenters. The first-order chi connectivity index (χ1) is 13.6. The van der Waals surface area contributed by atoms with Crippen LogP contribution in [0.15, 0.2) is 48.5 Å². The lowest BCUT2D eigenvalue weighted by atomic mass is 10.3. The predicted molar refractivity (Wildman–Crippen MR) is 106 cm³/mol. The zero-order valence-electron chi connectivity index (χ0n) is 16.1. The van der Waals surface area contributed by atoms with Crippen LogP contribution >= 0.6 is 0 Å². The zero-order chi connectivity index (χ0) is 19.8. The van der Waals surface area contributed by atoms with Gasteiger partial charge in [-0.2, -0.15) is 0 Å². The molecule has 1 saturated heterocycles. The van der Waals surface area contributed by atoms with Gasteiger partial charge >= 0.3 is 0 Å².